The fourth-order valence-electron chi connectivity index (χ4n) is 3.28. The maximum absolute atomic E-state index is 12.4. The maximum atomic E-state index is 12.4. The maximum Gasteiger partial charge on any atom is 0.239 e. The second-order valence-electron chi connectivity index (χ2n) is 7.03. The van der Waals surface area contributed by atoms with Crippen molar-refractivity contribution in [3.8, 4) is 6.07 Å². The van der Waals surface area contributed by atoms with Crippen LogP contribution in [0.3, 0.4) is 0 Å². The number of nitriles is 1. The zero-order chi connectivity index (χ0) is 17.8. The van der Waals surface area contributed by atoms with Crippen LogP contribution in [0.1, 0.15) is 25.7 Å². The predicted molar refractivity (Wildman–Crippen MR) is 95.1 cm³/mol. The Hall–Kier alpha value is -1.34. The van der Waals surface area contributed by atoms with E-state index in [1.54, 1.807) is 21.7 Å². The lowest BCUT2D eigenvalue weighted by atomic mass is 10.0. The second kappa shape index (κ2) is 8.36. The number of nitrogens with one attached hydrogen (secondary N) is 1. The van der Waals surface area contributed by atoms with Crippen molar-refractivity contribution in [2.45, 2.75) is 43.8 Å². The number of carbonyl (C=O) groups excluding carboxylic acids is 2. The average Bonchev–Trinajstić information content (AvgIpc) is 3.27. The number of amides is 2. The SMILES string of the molecule is N#C[C@@H]1CSCN1C(=O)CN(N)C1CCN(CC(=O)NC2CC2)CC1. The Morgan fingerprint density at radius 2 is 2.00 bits per heavy atom. The monoisotopic (exact) mass is 366 g/mol. The van der Waals surface area contributed by atoms with E-state index in [1.165, 1.54) is 0 Å². The van der Waals surface area contributed by atoms with Crippen molar-refractivity contribution in [3.63, 3.8) is 0 Å². The van der Waals surface area contributed by atoms with E-state index in [0.29, 0.717) is 24.2 Å². The largest absolute Gasteiger partial charge is 0.352 e. The Bertz CT molecular complexity index is 541. The van der Waals surface area contributed by atoms with Gasteiger partial charge < -0.3 is 10.2 Å². The molecule has 3 N–H and O–H groups in total. The Morgan fingerprint density at radius 3 is 2.64 bits per heavy atom. The first kappa shape index (κ1) is 18.5. The summed E-state index contributed by atoms with van der Waals surface area (Å²) in [5.74, 6) is 7.39. The second-order valence-corrected chi connectivity index (χ2v) is 8.03. The molecule has 138 valence electrons. The van der Waals surface area contributed by atoms with Crippen LogP contribution in [0.15, 0.2) is 0 Å². The van der Waals surface area contributed by atoms with Gasteiger partial charge in [-0.2, -0.15) is 5.26 Å². The summed E-state index contributed by atoms with van der Waals surface area (Å²) >= 11 is 1.60. The molecular weight excluding hydrogens is 340 g/mol. The van der Waals surface area contributed by atoms with Crippen molar-refractivity contribution in [2.75, 3.05) is 37.8 Å². The number of thioether (sulfide) groups is 1. The third-order valence-corrected chi connectivity index (χ3v) is 6.02. The van der Waals surface area contributed by atoms with E-state index in [4.69, 9.17) is 11.1 Å². The molecular formula is C16H26N6O2S. The molecule has 0 bridgehead atoms. The summed E-state index contributed by atoms with van der Waals surface area (Å²) in [5, 5.41) is 13.7. The van der Waals surface area contributed by atoms with Crippen LogP contribution in [-0.4, -0.2) is 82.6 Å². The number of nitrogens with two attached hydrogens (primary N) is 1. The fraction of sp³-hybridized carbons (Fsp3) is 0.812. The summed E-state index contributed by atoms with van der Waals surface area (Å²) in [7, 11) is 0. The van der Waals surface area contributed by atoms with Crippen molar-refractivity contribution < 1.29 is 9.59 Å². The first-order valence-corrected chi connectivity index (χ1v) is 10.0. The summed E-state index contributed by atoms with van der Waals surface area (Å²) in [6.07, 6.45) is 3.89. The van der Waals surface area contributed by atoms with Gasteiger partial charge in [0, 0.05) is 30.9 Å². The molecule has 2 heterocycles. The van der Waals surface area contributed by atoms with Crippen LogP contribution in [0.25, 0.3) is 0 Å². The van der Waals surface area contributed by atoms with Crippen LogP contribution in [-0.2, 0) is 9.59 Å². The smallest absolute Gasteiger partial charge is 0.239 e. The van der Waals surface area contributed by atoms with Crippen LogP contribution in [0.4, 0.5) is 0 Å². The Labute approximate surface area is 152 Å². The molecule has 2 amide bonds. The number of carbonyl (C=O) groups is 2. The molecule has 3 fully saturated rings. The molecule has 0 unspecified atom stereocenters. The van der Waals surface area contributed by atoms with E-state index in [1.807, 2.05) is 0 Å². The van der Waals surface area contributed by atoms with Gasteiger partial charge in [-0.25, -0.2) is 5.01 Å². The highest BCUT2D eigenvalue weighted by Crippen LogP contribution is 2.21. The van der Waals surface area contributed by atoms with Crippen LogP contribution in [0.5, 0.6) is 0 Å². The van der Waals surface area contributed by atoms with Gasteiger partial charge in [-0.1, -0.05) is 0 Å². The molecule has 3 aliphatic rings. The fourth-order valence-corrected chi connectivity index (χ4v) is 4.39. The molecule has 1 saturated carbocycles. The zero-order valence-electron chi connectivity index (χ0n) is 14.4. The average molecular weight is 366 g/mol. The van der Waals surface area contributed by atoms with E-state index < -0.39 is 0 Å². The van der Waals surface area contributed by atoms with E-state index in [2.05, 4.69) is 16.3 Å². The van der Waals surface area contributed by atoms with Crippen molar-refractivity contribution in [3.05, 3.63) is 0 Å². The Kier molecular flexibility index (Phi) is 6.17. The molecule has 0 aromatic carbocycles. The van der Waals surface area contributed by atoms with Crippen molar-refractivity contribution >= 4 is 23.6 Å². The Morgan fingerprint density at radius 1 is 1.28 bits per heavy atom. The molecule has 2 saturated heterocycles. The molecule has 9 heteroatoms. The molecule has 0 aromatic heterocycles. The lowest BCUT2D eigenvalue weighted by Crippen LogP contribution is -2.53. The molecule has 0 aromatic rings. The molecule has 25 heavy (non-hydrogen) atoms. The lowest BCUT2D eigenvalue weighted by molar-refractivity contribution is -0.132. The van der Waals surface area contributed by atoms with Crippen molar-refractivity contribution in [2.24, 2.45) is 5.84 Å². The van der Waals surface area contributed by atoms with Crippen LogP contribution >= 0.6 is 11.8 Å². The first-order chi connectivity index (χ1) is 12.1. The van der Waals surface area contributed by atoms with Gasteiger partial charge in [-0.05, 0) is 25.7 Å². The van der Waals surface area contributed by atoms with E-state index in [9.17, 15) is 9.59 Å². The summed E-state index contributed by atoms with van der Waals surface area (Å²) < 4.78 is 0. The topological polar surface area (TPSA) is 106 Å². The number of hydrogen-bond donors (Lipinski definition) is 2. The van der Waals surface area contributed by atoms with Crippen LogP contribution < -0.4 is 11.2 Å². The molecule has 0 radical (unpaired) electrons. The predicted octanol–water partition coefficient (Wildman–Crippen LogP) is -0.670. The van der Waals surface area contributed by atoms with Gasteiger partial charge >= 0.3 is 0 Å². The number of piperidine rings is 1. The minimum Gasteiger partial charge on any atom is -0.352 e. The molecule has 3 rings (SSSR count). The highest BCUT2D eigenvalue weighted by atomic mass is 32.2. The molecule has 8 nitrogen and oxygen atoms in total. The minimum atomic E-state index is -0.335. The third kappa shape index (κ3) is 5.07. The van der Waals surface area contributed by atoms with E-state index in [-0.39, 0.29) is 30.4 Å². The normalized spacial score (nSPS) is 25.2. The molecule has 0 spiro atoms. The van der Waals surface area contributed by atoms with Gasteiger partial charge in [0.25, 0.3) is 0 Å². The first-order valence-electron chi connectivity index (χ1n) is 8.86. The number of hydrazine groups is 1. The summed E-state index contributed by atoms with van der Waals surface area (Å²) in [4.78, 5) is 28.0. The van der Waals surface area contributed by atoms with Crippen LogP contribution in [0, 0.1) is 11.3 Å². The number of rotatable bonds is 6. The highest BCUT2D eigenvalue weighted by Gasteiger charge is 2.32. The minimum absolute atomic E-state index is 0.0784. The summed E-state index contributed by atoms with van der Waals surface area (Å²) in [6.45, 7) is 2.21. The Balaban J connectivity index is 1.39. The van der Waals surface area contributed by atoms with Crippen molar-refractivity contribution in [1.82, 2.24) is 20.1 Å². The van der Waals surface area contributed by atoms with Gasteiger partial charge in [0.2, 0.25) is 11.8 Å². The van der Waals surface area contributed by atoms with Gasteiger partial charge in [-0.3, -0.25) is 20.3 Å². The standard InChI is InChI=1S/C16H26N6O2S/c17-7-14-10-25-11-21(14)16(24)9-22(18)13-3-5-20(6-4-13)8-15(23)19-12-1-2-12/h12-14H,1-6,8-11,18H2,(H,19,23)/t14-/m1/s1. The molecule has 1 atom stereocenters. The van der Waals surface area contributed by atoms with Crippen LogP contribution in [0.2, 0.25) is 0 Å². The van der Waals surface area contributed by atoms with Crippen molar-refractivity contribution in [1.29, 1.82) is 5.26 Å². The summed E-state index contributed by atoms with van der Waals surface area (Å²) in [6, 6.07) is 2.38. The quantitative estimate of drug-likeness (QED) is 0.474. The van der Waals surface area contributed by atoms with Gasteiger partial charge in [-0.15, -0.1) is 11.8 Å². The molecule has 2 aliphatic heterocycles. The number of nitrogens with zero attached hydrogens (tertiary/aromatic N) is 4. The molecule has 1 aliphatic carbocycles. The zero-order valence-corrected chi connectivity index (χ0v) is 15.2. The van der Waals surface area contributed by atoms with E-state index in [0.717, 1.165) is 38.8 Å². The highest BCUT2D eigenvalue weighted by molar-refractivity contribution is 7.99. The summed E-state index contributed by atoms with van der Waals surface area (Å²) in [5.41, 5.74) is 0. The van der Waals surface area contributed by atoms with Gasteiger partial charge in [0.1, 0.15) is 6.04 Å². The van der Waals surface area contributed by atoms with Gasteiger partial charge in [0.05, 0.1) is 25.0 Å². The van der Waals surface area contributed by atoms with Gasteiger partial charge in [0.15, 0.2) is 0 Å². The van der Waals surface area contributed by atoms with E-state index >= 15 is 0 Å². The number of hydrogen-bond acceptors (Lipinski definition) is 7. The number of likely N-dealkylation sites (tertiary alicyclic amines) is 1. The third-order valence-electron chi connectivity index (χ3n) is 5.01. The lowest BCUT2D eigenvalue weighted by Gasteiger charge is -2.36.